The van der Waals surface area contributed by atoms with Crippen molar-refractivity contribution in [1.29, 1.82) is 0 Å². The van der Waals surface area contributed by atoms with Crippen molar-refractivity contribution in [3.63, 3.8) is 0 Å². The number of likely N-dealkylation sites (N-methyl/N-ethyl adjacent to an activating group) is 1. The average molecular weight is 409 g/mol. The Morgan fingerprint density at radius 3 is 2.35 bits per heavy atom. The number of aryl methyl sites for hydroxylation is 2. The molecule has 1 unspecified atom stereocenters. The van der Waals surface area contributed by atoms with Gasteiger partial charge in [0.05, 0.1) is 6.34 Å². The van der Waals surface area contributed by atoms with Crippen LogP contribution in [0.25, 0.3) is 0 Å². The van der Waals surface area contributed by atoms with Crippen molar-refractivity contribution in [3.05, 3.63) is 69.2 Å². The van der Waals surface area contributed by atoms with Crippen LogP contribution in [0, 0.1) is 5.41 Å². The van der Waals surface area contributed by atoms with Gasteiger partial charge in [0.25, 0.3) is 5.91 Å². The minimum Gasteiger partial charge on any atom is -0.304 e. The SMILES string of the molecule is CN1C=NC2(C1=O)c1cc(Br)ccc1CC21CCc2ccccc2CC1. The topological polar surface area (TPSA) is 32.7 Å². The van der Waals surface area contributed by atoms with Crippen LogP contribution in [0.3, 0.4) is 0 Å². The fourth-order valence-corrected chi connectivity index (χ4v) is 5.72. The highest BCUT2D eigenvalue weighted by atomic mass is 79.9. The van der Waals surface area contributed by atoms with E-state index in [1.807, 2.05) is 7.05 Å². The summed E-state index contributed by atoms with van der Waals surface area (Å²) >= 11 is 3.60. The number of rotatable bonds is 0. The van der Waals surface area contributed by atoms with Gasteiger partial charge in [-0.05, 0) is 66.5 Å². The van der Waals surface area contributed by atoms with Gasteiger partial charge in [-0.1, -0.05) is 46.3 Å². The van der Waals surface area contributed by atoms with Crippen molar-refractivity contribution < 1.29 is 4.79 Å². The van der Waals surface area contributed by atoms with Crippen LogP contribution in [0.2, 0.25) is 0 Å². The van der Waals surface area contributed by atoms with Crippen LogP contribution in [0.4, 0.5) is 0 Å². The molecule has 0 saturated carbocycles. The van der Waals surface area contributed by atoms with Crippen LogP contribution in [0.15, 0.2) is 51.9 Å². The maximum atomic E-state index is 13.4. The molecule has 0 fully saturated rings. The predicted octanol–water partition coefficient (Wildman–Crippen LogP) is 4.27. The summed E-state index contributed by atoms with van der Waals surface area (Å²) in [6.45, 7) is 0. The van der Waals surface area contributed by atoms with Gasteiger partial charge in [0.15, 0.2) is 5.54 Å². The molecule has 2 aliphatic carbocycles. The molecule has 1 amide bonds. The lowest BCUT2D eigenvalue weighted by atomic mass is 9.65. The van der Waals surface area contributed by atoms with Gasteiger partial charge in [-0.25, -0.2) is 0 Å². The molecule has 0 bridgehead atoms. The summed E-state index contributed by atoms with van der Waals surface area (Å²) in [7, 11) is 1.83. The summed E-state index contributed by atoms with van der Waals surface area (Å²) in [5.41, 5.74) is 4.33. The Labute approximate surface area is 162 Å². The lowest BCUT2D eigenvalue weighted by Crippen LogP contribution is -2.49. The number of hydrogen-bond acceptors (Lipinski definition) is 2. The third-order valence-corrected chi connectivity index (χ3v) is 7.17. The first-order valence-electron chi connectivity index (χ1n) is 9.24. The smallest absolute Gasteiger partial charge is 0.260 e. The summed E-state index contributed by atoms with van der Waals surface area (Å²) in [5, 5.41) is 0. The van der Waals surface area contributed by atoms with Crippen molar-refractivity contribution in [1.82, 2.24) is 4.90 Å². The van der Waals surface area contributed by atoms with Gasteiger partial charge in [0, 0.05) is 16.9 Å². The maximum absolute atomic E-state index is 13.4. The highest BCUT2D eigenvalue weighted by Gasteiger charge is 2.64. The van der Waals surface area contributed by atoms with E-state index in [9.17, 15) is 4.79 Å². The van der Waals surface area contributed by atoms with Crippen LogP contribution in [-0.2, 0) is 29.6 Å². The highest BCUT2D eigenvalue weighted by Crippen LogP contribution is 2.60. The van der Waals surface area contributed by atoms with E-state index in [0.29, 0.717) is 0 Å². The quantitative estimate of drug-likeness (QED) is 0.640. The van der Waals surface area contributed by atoms with E-state index in [2.05, 4.69) is 58.4 Å². The molecule has 1 heterocycles. The molecule has 5 rings (SSSR count). The van der Waals surface area contributed by atoms with Gasteiger partial charge < -0.3 is 4.90 Å². The molecule has 2 aromatic rings. The number of aliphatic imine (C=N–C) groups is 1. The van der Waals surface area contributed by atoms with Crippen molar-refractivity contribution in [3.8, 4) is 0 Å². The van der Waals surface area contributed by atoms with Gasteiger partial charge in [-0.2, -0.15) is 0 Å². The molecule has 3 aliphatic rings. The normalized spacial score (nSPS) is 25.6. The van der Waals surface area contributed by atoms with Crippen LogP contribution in [0.5, 0.6) is 0 Å². The van der Waals surface area contributed by atoms with Crippen LogP contribution >= 0.6 is 15.9 Å². The third kappa shape index (κ3) is 1.99. The molecule has 26 heavy (non-hydrogen) atoms. The van der Waals surface area contributed by atoms with Crippen molar-refractivity contribution in [2.45, 2.75) is 37.6 Å². The Kier molecular flexibility index (Phi) is 3.45. The Balaban J connectivity index is 1.68. The lowest BCUT2D eigenvalue weighted by Gasteiger charge is -2.40. The molecule has 1 aliphatic heterocycles. The minimum absolute atomic E-state index is 0.125. The van der Waals surface area contributed by atoms with Crippen molar-refractivity contribution in [2.75, 3.05) is 7.05 Å². The molecule has 4 heteroatoms. The Hall–Kier alpha value is -1.94. The molecule has 3 nitrogen and oxygen atoms in total. The number of fused-ring (bicyclic) bond motifs is 4. The molecule has 2 aromatic carbocycles. The monoisotopic (exact) mass is 408 g/mol. The zero-order valence-electron chi connectivity index (χ0n) is 14.8. The molecule has 0 aromatic heterocycles. The summed E-state index contributed by atoms with van der Waals surface area (Å²) < 4.78 is 1.02. The minimum atomic E-state index is -0.761. The average Bonchev–Trinajstić information content (AvgIpc) is 3.00. The van der Waals surface area contributed by atoms with Crippen LogP contribution < -0.4 is 0 Å². The zero-order valence-corrected chi connectivity index (χ0v) is 16.4. The van der Waals surface area contributed by atoms with Gasteiger partial charge in [0.2, 0.25) is 0 Å². The van der Waals surface area contributed by atoms with E-state index >= 15 is 0 Å². The number of hydrogen-bond donors (Lipinski definition) is 0. The van der Waals surface area contributed by atoms with Gasteiger partial charge in [-0.3, -0.25) is 9.79 Å². The van der Waals surface area contributed by atoms with E-state index in [1.54, 1.807) is 11.2 Å². The van der Waals surface area contributed by atoms with Crippen molar-refractivity contribution >= 4 is 28.2 Å². The van der Waals surface area contributed by atoms with Crippen LogP contribution in [0.1, 0.15) is 35.1 Å². The highest BCUT2D eigenvalue weighted by molar-refractivity contribution is 9.10. The van der Waals surface area contributed by atoms with Gasteiger partial charge in [-0.15, -0.1) is 0 Å². The Bertz CT molecular complexity index is 924. The summed E-state index contributed by atoms with van der Waals surface area (Å²) in [6, 6.07) is 15.1. The second kappa shape index (κ2) is 5.53. The van der Waals surface area contributed by atoms with E-state index in [0.717, 1.165) is 42.1 Å². The van der Waals surface area contributed by atoms with Crippen LogP contribution in [-0.4, -0.2) is 24.2 Å². The Morgan fingerprint density at radius 2 is 1.73 bits per heavy atom. The first-order valence-corrected chi connectivity index (χ1v) is 10.0. The molecule has 0 radical (unpaired) electrons. The zero-order chi connectivity index (χ0) is 17.9. The summed E-state index contributed by atoms with van der Waals surface area (Å²) in [5.74, 6) is 0.125. The predicted molar refractivity (Wildman–Crippen MR) is 106 cm³/mol. The standard InChI is InChI=1S/C22H21BrN2O/c1-25-14-24-22(20(25)26)19-12-18(23)7-6-17(19)13-21(22)10-8-15-4-2-3-5-16(15)9-11-21/h2-7,12,14H,8-11,13H2,1H3. The molecular weight excluding hydrogens is 388 g/mol. The number of halogens is 1. The second-order valence-electron chi connectivity index (χ2n) is 7.90. The molecular formula is C22H21BrN2O. The maximum Gasteiger partial charge on any atom is 0.260 e. The number of nitrogens with zero attached hydrogens (tertiary/aromatic N) is 2. The molecule has 1 atom stereocenters. The fourth-order valence-electron chi connectivity index (χ4n) is 5.36. The first-order chi connectivity index (χ1) is 12.6. The van der Waals surface area contributed by atoms with E-state index in [-0.39, 0.29) is 11.3 Å². The number of amides is 1. The van der Waals surface area contributed by atoms with Crippen molar-refractivity contribution in [2.24, 2.45) is 10.4 Å². The molecule has 132 valence electrons. The van der Waals surface area contributed by atoms with Gasteiger partial charge >= 0.3 is 0 Å². The van der Waals surface area contributed by atoms with E-state index in [1.165, 1.54) is 16.7 Å². The largest absolute Gasteiger partial charge is 0.304 e. The van der Waals surface area contributed by atoms with E-state index in [4.69, 9.17) is 4.99 Å². The van der Waals surface area contributed by atoms with E-state index < -0.39 is 5.54 Å². The number of carbonyl (C=O) groups is 1. The summed E-state index contributed by atoms with van der Waals surface area (Å²) in [4.78, 5) is 20.0. The molecule has 2 spiro atoms. The third-order valence-electron chi connectivity index (χ3n) is 6.68. The van der Waals surface area contributed by atoms with Gasteiger partial charge in [0.1, 0.15) is 0 Å². The fraction of sp³-hybridized carbons (Fsp3) is 0.364. The first kappa shape index (κ1) is 16.2. The Morgan fingerprint density at radius 1 is 1.04 bits per heavy atom. The lowest BCUT2D eigenvalue weighted by molar-refractivity contribution is -0.135. The number of benzene rings is 2. The molecule has 0 saturated heterocycles. The second-order valence-corrected chi connectivity index (χ2v) is 8.81. The summed E-state index contributed by atoms with van der Waals surface area (Å²) in [6.07, 6.45) is 6.68. The number of carbonyl (C=O) groups excluding carboxylic acids is 1. The molecule has 0 N–H and O–H groups in total.